The van der Waals surface area contributed by atoms with Gasteiger partial charge < -0.3 is 11.5 Å². The lowest BCUT2D eigenvalue weighted by Gasteiger charge is -1.98. The molecule has 0 heterocycles. The Kier molecular flexibility index (Phi) is 5.03. The zero-order chi connectivity index (χ0) is 10.3. The Hall–Kier alpha value is -1.77. The standard InChI is InChI=1S/C10H15N3/c1-4-5-10(13-3)9(12)7-6-8(2)11/h4-7H,1,3,11-12H2,2H3/b8-6-,9-7-,10-5-. The summed E-state index contributed by atoms with van der Waals surface area (Å²) in [6.45, 7) is 8.71. The molecule has 0 bridgehead atoms. The van der Waals surface area contributed by atoms with Crippen LogP contribution in [0.2, 0.25) is 0 Å². The van der Waals surface area contributed by atoms with Crippen molar-refractivity contribution in [1.29, 1.82) is 0 Å². The highest BCUT2D eigenvalue weighted by Crippen LogP contribution is 2.05. The van der Waals surface area contributed by atoms with E-state index in [9.17, 15) is 0 Å². The molecule has 0 fully saturated rings. The van der Waals surface area contributed by atoms with Gasteiger partial charge >= 0.3 is 0 Å². The fourth-order valence-corrected chi connectivity index (χ4v) is 0.658. The van der Waals surface area contributed by atoms with Crippen LogP contribution in [0.5, 0.6) is 0 Å². The van der Waals surface area contributed by atoms with Gasteiger partial charge in [0, 0.05) is 5.70 Å². The molecule has 0 amide bonds. The number of nitrogens with two attached hydrogens (primary N) is 2. The predicted octanol–water partition coefficient (Wildman–Crippen LogP) is 1.46. The summed E-state index contributed by atoms with van der Waals surface area (Å²) < 4.78 is 0. The molecule has 0 aliphatic carbocycles. The number of aliphatic imine (C=N–C) groups is 1. The Morgan fingerprint density at radius 1 is 1.23 bits per heavy atom. The summed E-state index contributed by atoms with van der Waals surface area (Å²) >= 11 is 0. The monoisotopic (exact) mass is 177 g/mol. The van der Waals surface area contributed by atoms with Crippen LogP contribution < -0.4 is 11.5 Å². The van der Waals surface area contributed by atoms with Crippen LogP contribution in [0, 0.1) is 0 Å². The van der Waals surface area contributed by atoms with E-state index in [2.05, 4.69) is 18.3 Å². The van der Waals surface area contributed by atoms with Crippen LogP contribution in [0.1, 0.15) is 6.92 Å². The Bertz CT molecular complexity index is 279. The third-order valence-corrected chi connectivity index (χ3v) is 1.27. The van der Waals surface area contributed by atoms with E-state index in [1.165, 1.54) is 0 Å². The fourth-order valence-electron chi connectivity index (χ4n) is 0.658. The fraction of sp³-hybridized carbons (Fsp3) is 0.100. The van der Waals surface area contributed by atoms with Crippen molar-refractivity contribution in [3.8, 4) is 0 Å². The summed E-state index contributed by atoms with van der Waals surface area (Å²) in [5, 5.41) is 0. The first-order valence-electron chi connectivity index (χ1n) is 3.81. The summed E-state index contributed by atoms with van der Waals surface area (Å²) in [4.78, 5) is 3.73. The van der Waals surface area contributed by atoms with Crippen LogP contribution in [-0.2, 0) is 0 Å². The molecule has 0 unspecified atom stereocenters. The molecule has 0 aromatic rings. The maximum Gasteiger partial charge on any atom is 0.0851 e. The molecule has 3 nitrogen and oxygen atoms in total. The molecular weight excluding hydrogens is 162 g/mol. The molecule has 0 radical (unpaired) electrons. The summed E-state index contributed by atoms with van der Waals surface area (Å²) in [5.74, 6) is 0. The van der Waals surface area contributed by atoms with Gasteiger partial charge in [0.25, 0.3) is 0 Å². The zero-order valence-electron chi connectivity index (χ0n) is 7.83. The van der Waals surface area contributed by atoms with Crippen molar-refractivity contribution in [2.45, 2.75) is 6.92 Å². The maximum atomic E-state index is 5.67. The first-order valence-corrected chi connectivity index (χ1v) is 3.81. The largest absolute Gasteiger partial charge is 0.402 e. The van der Waals surface area contributed by atoms with Crippen LogP contribution in [0.3, 0.4) is 0 Å². The second-order valence-corrected chi connectivity index (χ2v) is 2.48. The number of allylic oxidation sites excluding steroid dienone is 5. The van der Waals surface area contributed by atoms with Crippen molar-refractivity contribution in [3.05, 3.63) is 48.0 Å². The molecule has 0 aromatic carbocycles. The van der Waals surface area contributed by atoms with Crippen LogP contribution in [-0.4, -0.2) is 6.72 Å². The first kappa shape index (κ1) is 11.2. The summed E-state index contributed by atoms with van der Waals surface area (Å²) in [6, 6.07) is 0. The van der Waals surface area contributed by atoms with E-state index >= 15 is 0 Å². The quantitative estimate of drug-likeness (QED) is 0.504. The van der Waals surface area contributed by atoms with E-state index in [0.29, 0.717) is 17.1 Å². The van der Waals surface area contributed by atoms with E-state index < -0.39 is 0 Å². The zero-order valence-corrected chi connectivity index (χ0v) is 7.83. The lowest BCUT2D eigenvalue weighted by Crippen LogP contribution is -1.99. The van der Waals surface area contributed by atoms with Gasteiger partial charge in [0.1, 0.15) is 0 Å². The minimum Gasteiger partial charge on any atom is -0.402 e. The molecule has 0 atom stereocenters. The SMILES string of the molecule is C=C/C=C(N=C)/C(N)=C/C=C(/C)N. The molecule has 0 rings (SSSR count). The molecule has 0 aromatic heterocycles. The van der Waals surface area contributed by atoms with Crippen LogP contribution in [0.4, 0.5) is 0 Å². The second kappa shape index (κ2) is 5.83. The predicted molar refractivity (Wildman–Crippen MR) is 58.0 cm³/mol. The molecule has 0 aliphatic heterocycles. The summed E-state index contributed by atoms with van der Waals surface area (Å²) in [6.07, 6.45) is 6.67. The normalized spacial score (nSPS) is 14.1. The van der Waals surface area contributed by atoms with Crippen molar-refractivity contribution < 1.29 is 0 Å². The minimum absolute atomic E-state index is 0.514. The summed E-state index contributed by atoms with van der Waals surface area (Å²) in [7, 11) is 0. The number of rotatable bonds is 4. The van der Waals surface area contributed by atoms with Gasteiger partial charge in [0.2, 0.25) is 0 Å². The van der Waals surface area contributed by atoms with Crippen LogP contribution >= 0.6 is 0 Å². The lowest BCUT2D eigenvalue weighted by molar-refractivity contribution is 1.24. The van der Waals surface area contributed by atoms with Gasteiger partial charge in [-0.1, -0.05) is 12.7 Å². The molecule has 0 aliphatic rings. The average Bonchev–Trinajstić information content (AvgIpc) is 2.10. The van der Waals surface area contributed by atoms with Gasteiger partial charge in [-0.25, -0.2) is 0 Å². The lowest BCUT2D eigenvalue weighted by atomic mass is 10.2. The van der Waals surface area contributed by atoms with Crippen LogP contribution in [0.25, 0.3) is 0 Å². The third-order valence-electron chi connectivity index (χ3n) is 1.27. The van der Waals surface area contributed by atoms with Crippen LogP contribution in [0.15, 0.2) is 53.0 Å². The van der Waals surface area contributed by atoms with Gasteiger partial charge in [0.15, 0.2) is 0 Å². The Labute approximate surface area is 78.8 Å². The Morgan fingerprint density at radius 3 is 2.23 bits per heavy atom. The smallest absolute Gasteiger partial charge is 0.0851 e. The van der Waals surface area contributed by atoms with E-state index in [1.807, 2.05) is 0 Å². The van der Waals surface area contributed by atoms with Gasteiger partial charge in [-0.05, 0) is 31.9 Å². The van der Waals surface area contributed by atoms with E-state index in [1.54, 1.807) is 31.2 Å². The second-order valence-electron chi connectivity index (χ2n) is 2.48. The van der Waals surface area contributed by atoms with E-state index in [4.69, 9.17) is 11.5 Å². The van der Waals surface area contributed by atoms with Gasteiger partial charge in [-0.3, -0.25) is 4.99 Å². The number of nitrogens with zero attached hydrogens (tertiary/aromatic N) is 1. The highest BCUT2D eigenvalue weighted by molar-refractivity contribution is 5.40. The first-order chi connectivity index (χ1) is 6.11. The van der Waals surface area contributed by atoms with Crippen molar-refractivity contribution in [2.75, 3.05) is 0 Å². The van der Waals surface area contributed by atoms with Crippen molar-refractivity contribution >= 4 is 6.72 Å². The molecule has 70 valence electrons. The molecule has 0 spiro atoms. The Balaban J connectivity index is 4.74. The summed E-state index contributed by atoms with van der Waals surface area (Å²) in [5.41, 5.74) is 12.9. The molecule has 3 heteroatoms. The van der Waals surface area contributed by atoms with Gasteiger partial charge in [0.05, 0.1) is 11.4 Å². The minimum atomic E-state index is 0.514. The maximum absolute atomic E-state index is 5.67. The number of hydrogen-bond donors (Lipinski definition) is 2. The van der Waals surface area contributed by atoms with Crippen molar-refractivity contribution in [3.63, 3.8) is 0 Å². The molecule has 4 N–H and O–H groups in total. The molecule has 13 heavy (non-hydrogen) atoms. The van der Waals surface area contributed by atoms with Gasteiger partial charge in [-0.2, -0.15) is 0 Å². The van der Waals surface area contributed by atoms with E-state index in [0.717, 1.165) is 0 Å². The Morgan fingerprint density at radius 2 is 1.85 bits per heavy atom. The van der Waals surface area contributed by atoms with Crippen molar-refractivity contribution in [2.24, 2.45) is 16.5 Å². The third kappa shape index (κ3) is 4.63. The van der Waals surface area contributed by atoms with Crippen molar-refractivity contribution in [1.82, 2.24) is 0 Å². The highest BCUT2D eigenvalue weighted by Gasteiger charge is 1.93. The van der Waals surface area contributed by atoms with E-state index in [-0.39, 0.29) is 0 Å². The molecular formula is C10H15N3. The number of hydrogen-bond acceptors (Lipinski definition) is 3. The topological polar surface area (TPSA) is 64.4 Å². The highest BCUT2D eigenvalue weighted by atomic mass is 14.8. The van der Waals surface area contributed by atoms with Gasteiger partial charge in [-0.15, -0.1) is 0 Å². The molecule has 0 saturated carbocycles. The average molecular weight is 177 g/mol. The molecule has 0 saturated heterocycles.